The number of pyridine rings is 1. The molecule has 1 unspecified atom stereocenters. The second kappa shape index (κ2) is 9.81. The molecule has 1 N–H and O–H groups in total. The molecule has 9 nitrogen and oxygen atoms in total. The summed E-state index contributed by atoms with van der Waals surface area (Å²) in [5.41, 5.74) is 8.89. The number of hydrogen-bond donors (Lipinski definition) is 1. The summed E-state index contributed by atoms with van der Waals surface area (Å²) in [5, 5.41) is 6.19. The van der Waals surface area contributed by atoms with E-state index < -0.39 is 23.1 Å². The van der Waals surface area contributed by atoms with E-state index in [0.717, 1.165) is 36.1 Å². The van der Waals surface area contributed by atoms with Gasteiger partial charge in [0.15, 0.2) is 5.82 Å². The number of halogens is 2. The summed E-state index contributed by atoms with van der Waals surface area (Å²) >= 11 is 8.04. The molecule has 2 aliphatic rings. The summed E-state index contributed by atoms with van der Waals surface area (Å²) in [6.45, 7) is 2.94. The maximum Gasteiger partial charge on any atom is 0.343 e. The van der Waals surface area contributed by atoms with Gasteiger partial charge in [-0.2, -0.15) is 0 Å². The molecule has 1 fully saturated rings. The molecule has 0 saturated heterocycles. The molecule has 12 heteroatoms. The number of rotatable bonds is 6. The number of nitrogens with one attached hydrogen (secondary N) is 1. The highest BCUT2D eigenvalue weighted by molar-refractivity contribution is 7.15. The maximum absolute atomic E-state index is 16.5. The summed E-state index contributed by atoms with van der Waals surface area (Å²) in [4.78, 5) is 42.6. The largest absolute Gasteiger partial charge is 0.462 e. The number of carbonyl (C=O) groups is 2. The average Bonchev–Trinajstić information content (AvgIpc) is 3.60. The van der Waals surface area contributed by atoms with Crippen molar-refractivity contribution in [1.29, 1.82) is 0 Å². The van der Waals surface area contributed by atoms with E-state index in [4.69, 9.17) is 21.9 Å². The molecule has 3 aromatic rings. The molecule has 192 valence electrons. The molecule has 0 spiro atoms. The van der Waals surface area contributed by atoms with Gasteiger partial charge in [0.05, 0.1) is 39.8 Å². The number of benzene rings is 1. The number of nitrogens with zero attached hydrogens (tertiary/aromatic N) is 4. The van der Waals surface area contributed by atoms with Crippen molar-refractivity contribution in [2.24, 2.45) is 5.11 Å². The molecule has 0 bridgehead atoms. The van der Waals surface area contributed by atoms with Gasteiger partial charge in [-0.3, -0.25) is 9.59 Å². The number of anilines is 1. The van der Waals surface area contributed by atoms with Crippen molar-refractivity contribution >= 4 is 51.4 Å². The number of carbonyl (C=O) groups excluding carboxylic acids is 2. The lowest BCUT2D eigenvalue weighted by atomic mass is 9.95. The predicted octanol–water partition coefficient (Wildman–Crippen LogP) is 6.68. The average molecular weight is 544 g/mol. The van der Waals surface area contributed by atoms with Gasteiger partial charge < -0.3 is 14.6 Å². The lowest BCUT2D eigenvalue weighted by Gasteiger charge is -2.19. The van der Waals surface area contributed by atoms with Crippen molar-refractivity contribution in [2.45, 2.75) is 58.0 Å². The molecule has 2 heterocycles. The second-order valence-electron chi connectivity index (χ2n) is 9.13. The number of fused-ring (bicyclic) bond motifs is 2. The van der Waals surface area contributed by atoms with Crippen LogP contribution in [0, 0.1) is 5.82 Å². The lowest BCUT2D eigenvalue weighted by Crippen LogP contribution is -2.23. The number of azide groups is 1. The van der Waals surface area contributed by atoms with Gasteiger partial charge in [0.2, 0.25) is 11.3 Å². The van der Waals surface area contributed by atoms with Gasteiger partial charge in [-0.1, -0.05) is 16.7 Å². The first kappa shape index (κ1) is 25.3. The summed E-state index contributed by atoms with van der Waals surface area (Å²) in [6.07, 6.45) is 5.11. The minimum atomic E-state index is -0.826. The van der Waals surface area contributed by atoms with Crippen molar-refractivity contribution < 1.29 is 18.7 Å². The fraction of sp³-hybridized carbons (Fsp3) is 0.400. The number of amides is 1. The first-order valence-electron chi connectivity index (χ1n) is 12.0. The van der Waals surface area contributed by atoms with Gasteiger partial charge in [-0.15, -0.1) is 11.3 Å². The second-order valence-corrected chi connectivity index (χ2v) is 10.6. The molecule has 2 aromatic heterocycles. The molecule has 1 amide bonds. The van der Waals surface area contributed by atoms with E-state index in [9.17, 15) is 14.4 Å². The van der Waals surface area contributed by atoms with E-state index >= 15 is 4.39 Å². The van der Waals surface area contributed by atoms with Crippen LogP contribution in [0.3, 0.4) is 0 Å². The molecule has 1 atom stereocenters. The van der Waals surface area contributed by atoms with E-state index in [1.54, 1.807) is 11.5 Å². The van der Waals surface area contributed by atoms with E-state index in [-0.39, 0.29) is 51.4 Å². The first-order chi connectivity index (χ1) is 17.8. The van der Waals surface area contributed by atoms with Crippen LogP contribution < -0.4 is 10.7 Å². The van der Waals surface area contributed by atoms with Crippen LogP contribution in [0.2, 0.25) is 5.02 Å². The smallest absolute Gasteiger partial charge is 0.343 e. The zero-order valence-electron chi connectivity index (χ0n) is 20.1. The van der Waals surface area contributed by atoms with Crippen LogP contribution in [0.25, 0.3) is 31.8 Å². The van der Waals surface area contributed by atoms with Gasteiger partial charge in [0.25, 0.3) is 0 Å². The van der Waals surface area contributed by atoms with E-state index in [1.165, 1.54) is 24.5 Å². The van der Waals surface area contributed by atoms with Crippen LogP contribution in [0.5, 0.6) is 0 Å². The number of ether oxygens (including phenoxy) is 1. The highest BCUT2D eigenvalue weighted by Gasteiger charge is 2.33. The Bertz CT molecular complexity index is 1570. The van der Waals surface area contributed by atoms with Gasteiger partial charge >= 0.3 is 5.97 Å². The third-order valence-corrected chi connectivity index (χ3v) is 8.27. The Labute approximate surface area is 219 Å². The van der Waals surface area contributed by atoms with E-state index in [2.05, 4.69) is 15.3 Å². The van der Waals surface area contributed by atoms with Crippen LogP contribution in [0.15, 0.2) is 22.2 Å². The zero-order chi connectivity index (χ0) is 26.4. The molecule has 37 heavy (non-hydrogen) atoms. The van der Waals surface area contributed by atoms with Crippen LogP contribution in [-0.4, -0.2) is 23.1 Å². The Morgan fingerprint density at radius 3 is 2.78 bits per heavy atom. The highest BCUT2D eigenvalue weighted by atomic mass is 35.5. The summed E-state index contributed by atoms with van der Waals surface area (Å²) in [5.74, 6) is -2.05. The topological polar surface area (TPSA) is 126 Å². The SMILES string of the molecule is CCOC(=O)c1cn(C2CC2)c2c(F)c(-c3cc4c(s3)C(N=[N+]=[N-])CCC4)c(Cl)c(NC(C)=O)c2c1=O. The van der Waals surface area contributed by atoms with Crippen molar-refractivity contribution in [3.8, 4) is 10.4 Å². The number of hydrogen-bond acceptors (Lipinski definition) is 6. The Balaban J connectivity index is 1.85. The number of thiophene rings is 1. The molecule has 0 aliphatic heterocycles. The number of aromatic nitrogens is 1. The van der Waals surface area contributed by atoms with E-state index in [1.807, 2.05) is 6.07 Å². The van der Waals surface area contributed by atoms with Crippen molar-refractivity contribution in [1.82, 2.24) is 4.57 Å². The minimum absolute atomic E-state index is 0.0262. The molecule has 0 radical (unpaired) electrons. The first-order valence-corrected chi connectivity index (χ1v) is 13.2. The fourth-order valence-corrected chi connectivity index (χ4v) is 6.58. The van der Waals surface area contributed by atoms with Crippen molar-refractivity contribution in [3.05, 3.63) is 59.8 Å². The van der Waals surface area contributed by atoms with Crippen LogP contribution in [-0.2, 0) is 16.0 Å². The molecule has 1 saturated carbocycles. The molecular weight excluding hydrogens is 521 g/mol. The van der Waals surface area contributed by atoms with E-state index in [0.29, 0.717) is 11.3 Å². The van der Waals surface area contributed by atoms with Crippen LogP contribution >= 0.6 is 22.9 Å². The highest BCUT2D eigenvalue weighted by Crippen LogP contribution is 2.49. The summed E-state index contributed by atoms with van der Waals surface area (Å²) in [6, 6.07) is 1.37. The third-order valence-electron chi connectivity index (χ3n) is 6.59. The third kappa shape index (κ3) is 4.37. The monoisotopic (exact) mass is 543 g/mol. The predicted molar refractivity (Wildman–Crippen MR) is 140 cm³/mol. The minimum Gasteiger partial charge on any atom is -0.462 e. The van der Waals surface area contributed by atoms with Gasteiger partial charge in [0, 0.05) is 33.8 Å². The lowest BCUT2D eigenvalue weighted by molar-refractivity contribution is -0.114. The maximum atomic E-state index is 16.5. The quantitative estimate of drug-likeness (QED) is 0.161. The van der Waals surface area contributed by atoms with Gasteiger partial charge in [-0.05, 0) is 56.2 Å². The fourth-order valence-electron chi connectivity index (χ4n) is 4.88. The number of aryl methyl sites for hydroxylation is 1. The van der Waals surface area contributed by atoms with Crippen molar-refractivity contribution in [2.75, 3.05) is 11.9 Å². The molecular formula is C25H23ClFN5O4S. The Morgan fingerprint density at radius 2 is 2.14 bits per heavy atom. The number of esters is 1. The molecule has 5 rings (SSSR count). The Morgan fingerprint density at radius 1 is 1.38 bits per heavy atom. The summed E-state index contributed by atoms with van der Waals surface area (Å²) in [7, 11) is 0. The Hall–Kier alpha value is -3.40. The summed E-state index contributed by atoms with van der Waals surface area (Å²) < 4.78 is 23.2. The van der Waals surface area contributed by atoms with Gasteiger partial charge in [-0.25, -0.2) is 9.18 Å². The van der Waals surface area contributed by atoms with Crippen molar-refractivity contribution in [3.63, 3.8) is 0 Å². The van der Waals surface area contributed by atoms with Crippen LogP contribution in [0.1, 0.15) is 72.4 Å². The standard InChI is InChI=1S/C25H23ClFN5O4S/c1-3-36-25(35)14-10-32(13-7-8-13)22-18(23(14)34)21(29-11(2)33)19(26)17(20(22)27)16-9-12-5-4-6-15(30-31-28)24(12)37-16/h9-10,13,15H,3-8H2,1-2H3,(H,29,33). The Kier molecular flexibility index (Phi) is 6.70. The molecule has 2 aliphatic carbocycles. The van der Waals surface area contributed by atoms with Gasteiger partial charge in [0.1, 0.15) is 5.56 Å². The zero-order valence-corrected chi connectivity index (χ0v) is 21.7. The van der Waals surface area contributed by atoms with Crippen LogP contribution in [0.4, 0.5) is 10.1 Å². The molecule has 1 aromatic carbocycles. The normalized spacial score (nSPS) is 16.7.